The molecule has 1 amide bonds. The summed E-state index contributed by atoms with van der Waals surface area (Å²) in [6, 6.07) is 7.73. The summed E-state index contributed by atoms with van der Waals surface area (Å²) in [6.45, 7) is 0. The monoisotopic (exact) mass is 402 g/mol. The van der Waals surface area contributed by atoms with Crippen molar-refractivity contribution in [1.82, 2.24) is 14.4 Å². The van der Waals surface area contributed by atoms with Gasteiger partial charge in [0.25, 0.3) is 0 Å². The summed E-state index contributed by atoms with van der Waals surface area (Å²) in [4.78, 5) is 22.4. The van der Waals surface area contributed by atoms with Crippen LogP contribution in [0.3, 0.4) is 0 Å². The predicted molar refractivity (Wildman–Crippen MR) is 114 cm³/mol. The van der Waals surface area contributed by atoms with Gasteiger partial charge in [-0.2, -0.15) is 0 Å². The van der Waals surface area contributed by atoms with Gasteiger partial charge in [0.2, 0.25) is 11.7 Å². The third kappa shape index (κ3) is 2.81. The van der Waals surface area contributed by atoms with Gasteiger partial charge in [0.1, 0.15) is 5.75 Å². The zero-order valence-corrected chi connectivity index (χ0v) is 17.2. The lowest BCUT2D eigenvalue weighted by Crippen LogP contribution is -2.51. The maximum atomic E-state index is 13.5. The van der Waals surface area contributed by atoms with Crippen molar-refractivity contribution in [3.05, 3.63) is 42.9 Å². The minimum absolute atomic E-state index is 0.175. The molecule has 0 radical (unpaired) electrons. The summed E-state index contributed by atoms with van der Waals surface area (Å²) < 4.78 is 7.46. The molecule has 1 N–H and O–H groups in total. The minimum atomic E-state index is -0.192. The summed E-state index contributed by atoms with van der Waals surface area (Å²) in [5.41, 5.74) is 2.28. The molecule has 0 spiro atoms. The van der Waals surface area contributed by atoms with Gasteiger partial charge < -0.3 is 10.1 Å². The molecule has 4 aliphatic carbocycles. The van der Waals surface area contributed by atoms with Gasteiger partial charge in [0.05, 0.1) is 23.9 Å². The molecule has 6 heteroatoms. The first-order valence-corrected chi connectivity index (χ1v) is 10.9. The Kier molecular flexibility index (Phi) is 3.92. The van der Waals surface area contributed by atoms with Crippen LogP contribution in [0.15, 0.2) is 42.9 Å². The zero-order valence-electron chi connectivity index (χ0n) is 17.2. The van der Waals surface area contributed by atoms with E-state index in [9.17, 15) is 4.79 Å². The van der Waals surface area contributed by atoms with Crippen LogP contribution in [0.2, 0.25) is 0 Å². The van der Waals surface area contributed by atoms with E-state index < -0.39 is 0 Å². The highest BCUT2D eigenvalue weighted by Crippen LogP contribution is 2.60. The van der Waals surface area contributed by atoms with Crippen molar-refractivity contribution in [3.8, 4) is 17.0 Å². The molecule has 4 fully saturated rings. The van der Waals surface area contributed by atoms with Gasteiger partial charge in [-0.15, -0.1) is 0 Å². The molecule has 0 unspecified atom stereocenters. The van der Waals surface area contributed by atoms with E-state index in [1.807, 2.05) is 41.1 Å². The number of hydrogen-bond donors (Lipinski definition) is 1. The topological polar surface area (TPSA) is 68.5 Å². The fourth-order valence-electron chi connectivity index (χ4n) is 6.58. The fourth-order valence-corrected chi connectivity index (χ4v) is 6.58. The molecule has 3 aromatic rings. The second-order valence-corrected chi connectivity index (χ2v) is 9.52. The molecule has 0 saturated heterocycles. The van der Waals surface area contributed by atoms with Crippen LogP contribution >= 0.6 is 0 Å². The molecule has 0 aliphatic heterocycles. The van der Waals surface area contributed by atoms with E-state index in [0.29, 0.717) is 11.5 Å². The van der Waals surface area contributed by atoms with Gasteiger partial charge in [0, 0.05) is 24.2 Å². The Bertz CT molecular complexity index is 1070. The molecule has 0 atom stereocenters. The number of methoxy groups -OCH3 is 1. The maximum absolute atomic E-state index is 13.5. The Hall–Kier alpha value is -2.89. The van der Waals surface area contributed by atoms with Crippen LogP contribution in [0.5, 0.6) is 5.75 Å². The van der Waals surface area contributed by atoms with Crippen molar-refractivity contribution in [3.63, 3.8) is 0 Å². The van der Waals surface area contributed by atoms with Gasteiger partial charge in [-0.1, -0.05) is 0 Å². The van der Waals surface area contributed by atoms with Crippen LogP contribution in [0, 0.1) is 23.2 Å². The number of aromatic nitrogens is 3. The number of imidazole rings is 1. The number of nitrogens with one attached hydrogen (secondary N) is 1. The first-order valence-electron chi connectivity index (χ1n) is 10.9. The number of nitrogens with zero attached hydrogens (tertiary/aromatic N) is 3. The molecule has 30 heavy (non-hydrogen) atoms. The molecule has 6 nitrogen and oxygen atoms in total. The zero-order chi connectivity index (χ0) is 20.3. The maximum Gasteiger partial charge on any atom is 0.234 e. The Morgan fingerprint density at radius 2 is 1.90 bits per heavy atom. The molecule has 2 heterocycles. The molecule has 4 saturated carbocycles. The van der Waals surface area contributed by atoms with E-state index in [2.05, 4.69) is 15.3 Å². The van der Waals surface area contributed by atoms with Crippen LogP contribution in [0.25, 0.3) is 17.0 Å². The van der Waals surface area contributed by atoms with Crippen LogP contribution in [0.4, 0.5) is 5.69 Å². The van der Waals surface area contributed by atoms with Gasteiger partial charge in [-0.3, -0.25) is 9.20 Å². The minimum Gasteiger partial charge on any atom is -0.495 e. The van der Waals surface area contributed by atoms with E-state index in [1.54, 1.807) is 13.3 Å². The number of carbonyl (C=O) groups excluding carboxylic acids is 1. The Morgan fingerprint density at radius 1 is 1.17 bits per heavy atom. The van der Waals surface area contributed by atoms with Crippen molar-refractivity contribution in [2.24, 2.45) is 23.2 Å². The summed E-state index contributed by atoms with van der Waals surface area (Å²) in [5, 5.41) is 3.25. The third-order valence-corrected chi connectivity index (χ3v) is 7.50. The van der Waals surface area contributed by atoms with Crippen molar-refractivity contribution in [1.29, 1.82) is 0 Å². The van der Waals surface area contributed by atoms with Crippen molar-refractivity contribution < 1.29 is 9.53 Å². The Labute approximate surface area is 175 Å². The molecule has 4 aliphatic rings. The summed E-state index contributed by atoms with van der Waals surface area (Å²) in [7, 11) is 1.64. The highest BCUT2D eigenvalue weighted by molar-refractivity contribution is 5.97. The quantitative estimate of drug-likeness (QED) is 0.695. The lowest BCUT2D eigenvalue weighted by Gasteiger charge is -2.55. The highest BCUT2D eigenvalue weighted by atomic mass is 16.5. The van der Waals surface area contributed by atoms with Crippen molar-refractivity contribution in [2.45, 2.75) is 38.5 Å². The number of carbonyl (C=O) groups is 1. The molecular formula is C24H26N4O2. The molecule has 7 rings (SSSR count). The summed E-state index contributed by atoms with van der Waals surface area (Å²) >= 11 is 0. The standard InChI is InChI=1S/C24H26N4O2/c1-30-21-4-3-18(20-14-28-6-2-5-25-23(28)27-20)10-19(21)26-22(29)24-11-15-7-16(12-24)9-17(8-15)13-24/h2-6,10,14-17H,7-9,11-13H2,1H3,(H,26,29). The van der Waals surface area contributed by atoms with E-state index in [-0.39, 0.29) is 11.3 Å². The lowest BCUT2D eigenvalue weighted by molar-refractivity contribution is -0.140. The van der Waals surface area contributed by atoms with Crippen molar-refractivity contribution >= 4 is 17.4 Å². The number of fused-ring (bicyclic) bond motifs is 1. The van der Waals surface area contributed by atoms with Gasteiger partial charge in [-0.25, -0.2) is 9.97 Å². The molecule has 2 aromatic heterocycles. The van der Waals surface area contributed by atoms with Gasteiger partial charge in [0.15, 0.2) is 0 Å². The Balaban J connectivity index is 1.32. The second kappa shape index (κ2) is 6.56. The second-order valence-electron chi connectivity index (χ2n) is 9.52. The smallest absolute Gasteiger partial charge is 0.234 e. The van der Waals surface area contributed by atoms with E-state index >= 15 is 0 Å². The SMILES string of the molecule is COc1ccc(-c2cn3cccnc3n2)cc1NC(=O)C12CC3CC(CC(C3)C1)C2. The third-order valence-electron chi connectivity index (χ3n) is 7.50. The summed E-state index contributed by atoms with van der Waals surface area (Å²) in [6.07, 6.45) is 12.7. The van der Waals surface area contributed by atoms with Gasteiger partial charge >= 0.3 is 0 Å². The Morgan fingerprint density at radius 3 is 2.57 bits per heavy atom. The van der Waals surface area contributed by atoms with Crippen LogP contribution in [-0.4, -0.2) is 27.4 Å². The number of rotatable bonds is 4. The largest absolute Gasteiger partial charge is 0.495 e. The van der Waals surface area contributed by atoms with Crippen molar-refractivity contribution in [2.75, 3.05) is 12.4 Å². The predicted octanol–water partition coefficient (Wildman–Crippen LogP) is 4.56. The van der Waals surface area contributed by atoms with E-state index in [4.69, 9.17) is 4.74 Å². The average Bonchev–Trinajstić information content (AvgIpc) is 3.17. The number of ether oxygens (including phenoxy) is 1. The van der Waals surface area contributed by atoms with Crippen LogP contribution < -0.4 is 10.1 Å². The van der Waals surface area contributed by atoms with E-state index in [1.165, 1.54) is 19.3 Å². The number of hydrogen-bond acceptors (Lipinski definition) is 4. The normalized spacial score (nSPS) is 29.3. The highest BCUT2D eigenvalue weighted by Gasteiger charge is 2.54. The first kappa shape index (κ1) is 17.9. The molecule has 154 valence electrons. The first-order chi connectivity index (χ1) is 14.6. The van der Waals surface area contributed by atoms with Crippen LogP contribution in [0.1, 0.15) is 38.5 Å². The average molecular weight is 402 g/mol. The molecule has 1 aromatic carbocycles. The summed E-state index contributed by atoms with van der Waals surface area (Å²) in [5.74, 6) is 3.72. The number of anilines is 1. The fraction of sp³-hybridized carbons (Fsp3) is 0.458. The van der Waals surface area contributed by atoms with E-state index in [0.717, 1.165) is 54.0 Å². The molecule has 4 bridgehead atoms. The molecular weight excluding hydrogens is 376 g/mol. The lowest BCUT2D eigenvalue weighted by atomic mass is 9.49. The van der Waals surface area contributed by atoms with Gasteiger partial charge in [-0.05, 0) is 80.5 Å². The number of benzene rings is 1. The number of amides is 1. The van der Waals surface area contributed by atoms with Crippen LogP contribution in [-0.2, 0) is 4.79 Å².